The highest BCUT2D eigenvalue weighted by atomic mass is 19.1. The number of aliphatic hydroxyl groups is 4. The summed E-state index contributed by atoms with van der Waals surface area (Å²) in [6.07, 6.45) is -6.50. The number of hydrogen-bond acceptors (Lipinski definition) is 6. The van der Waals surface area contributed by atoms with Gasteiger partial charge in [0.25, 0.3) is 0 Å². The maximum Gasteiger partial charge on any atom is 0.133 e. The summed E-state index contributed by atoms with van der Waals surface area (Å²) in [7, 11) is 0. The minimum absolute atomic E-state index is 0.0405. The lowest BCUT2D eigenvalue weighted by Crippen LogP contribution is -2.55. The molecule has 1 aliphatic rings. The molecule has 164 valence electrons. The molecule has 8 heteroatoms. The molecule has 1 fully saturated rings. The van der Waals surface area contributed by atoms with Crippen LogP contribution >= 0.6 is 0 Å². The summed E-state index contributed by atoms with van der Waals surface area (Å²) in [5, 5.41) is 39.7. The Labute approximate surface area is 173 Å². The normalized spacial score (nSPS) is 26.6. The Balaban J connectivity index is 1.91. The van der Waals surface area contributed by atoms with E-state index in [2.05, 4.69) is 0 Å². The summed E-state index contributed by atoms with van der Waals surface area (Å²) < 4.78 is 39.7. The largest absolute Gasteiger partial charge is 0.494 e. The van der Waals surface area contributed by atoms with Crippen LogP contribution in [-0.4, -0.2) is 58.1 Å². The first-order chi connectivity index (χ1) is 14.3. The summed E-state index contributed by atoms with van der Waals surface area (Å²) in [5.41, 5.74) is 1.72. The third-order valence-corrected chi connectivity index (χ3v) is 5.39. The lowest BCUT2D eigenvalue weighted by Gasteiger charge is -2.40. The molecule has 0 unspecified atom stereocenters. The van der Waals surface area contributed by atoms with Crippen LogP contribution in [-0.2, 0) is 11.2 Å². The van der Waals surface area contributed by atoms with Gasteiger partial charge in [-0.15, -0.1) is 0 Å². The number of aryl methyl sites for hydroxylation is 1. The highest BCUT2D eigenvalue weighted by molar-refractivity contribution is 5.39. The zero-order valence-electron chi connectivity index (χ0n) is 16.8. The van der Waals surface area contributed by atoms with Crippen molar-refractivity contribution in [2.75, 3.05) is 13.2 Å². The molecular formula is C22H26F2O6. The average Bonchev–Trinajstić information content (AvgIpc) is 2.71. The molecule has 3 rings (SSSR count). The van der Waals surface area contributed by atoms with Crippen molar-refractivity contribution in [3.63, 3.8) is 0 Å². The highest BCUT2D eigenvalue weighted by Gasteiger charge is 2.44. The second kappa shape index (κ2) is 9.36. The van der Waals surface area contributed by atoms with Crippen LogP contribution in [0.1, 0.15) is 35.3 Å². The zero-order chi connectivity index (χ0) is 22.0. The van der Waals surface area contributed by atoms with Gasteiger partial charge in [-0.3, -0.25) is 0 Å². The van der Waals surface area contributed by atoms with Gasteiger partial charge in [0.05, 0.1) is 13.2 Å². The first kappa shape index (κ1) is 22.6. The summed E-state index contributed by atoms with van der Waals surface area (Å²) in [4.78, 5) is 0. The number of benzene rings is 2. The summed E-state index contributed by atoms with van der Waals surface area (Å²) in [6, 6.07) is 7.29. The standard InChI is InChI=1S/C22H26F2O6/c1-3-29-14-8-16(23)15(17(24)9-14)7-13-6-12(5-4-11(13)2)22-21(28)20(27)19(26)18(10-25)30-22/h4-6,8-9,18-22,25-28H,3,7,10H2,1-2H3/t18-,19-,20+,21-,22+/m1/s1. The van der Waals surface area contributed by atoms with E-state index in [0.29, 0.717) is 17.7 Å². The molecule has 1 heterocycles. The highest BCUT2D eigenvalue weighted by Crippen LogP contribution is 2.34. The Morgan fingerprint density at radius 1 is 1.00 bits per heavy atom. The van der Waals surface area contributed by atoms with Gasteiger partial charge in [-0.1, -0.05) is 18.2 Å². The second-order valence-electron chi connectivity index (χ2n) is 7.41. The van der Waals surface area contributed by atoms with E-state index >= 15 is 0 Å². The molecule has 0 spiro atoms. The van der Waals surface area contributed by atoms with Crippen molar-refractivity contribution in [2.24, 2.45) is 0 Å². The Morgan fingerprint density at radius 3 is 2.27 bits per heavy atom. The van der Waals surface area contributed by atoms with Crippen molar-refractivity contribution in [2.45, 2.75) is 50.8 Å². The SMILES string of the molecule is CCOc1cc(F)c(Cc2cc([C@@H]3O[C@H](CO)[C@@H](O)[C@H](O)[C@H]3O)ccc2C)c(F)c1. The molecule has 0 radical (unpaired) electrons. The van der Waals surface area contributed by atoms with E-state index in [1.807, 2.05) is 0 Å². The lowest BCUT2D eigenvalue weighted by atomic mass is 9.89. The van der Waals surface area contributed by atoms with Crippen LogP contribution in [0.2, 0.25) is 0 Å². The van der Waals surface area contributed by atoms with Crippen molar-refractivity contribution in [1.29, 1.82) is 0 Å². The van der Waals surface area contributed by atoms with Crippen molar-refractivity contribution >= 4 is 0 Å². The molecule has 1 aliphatic heterocycles. The van der Waals surface area contributed by atoms with E-state index < -0.39 is 48.8 Å². The summed E-state index contributed by atoms with van der Waals surface area (Å²) >= 11 is 0. The molecule has 2 aromatic carbocycles. The van der Waals surface area contributed by atoms with Gasteiger partial charge in [-0.2, -0.15) is 0 Å². The molecule has 2 aromatic rings. The van der Waals surface area contributed by atoms with Gasteiger partial charge >= 0.3 is 0 Å². The van der Waals surface area contributed by atoms with Gasteiger partial charge in [0.15, 0.2) is 0 Å². The van der Waals surface area contributed by atoms with Crippen molar-refractivity contribution in [1.82, 2.24) is 0 Å². The summed E-state index contributed by atoms with van der Waals surface area (Å²) in [5.74, 6) is -1.34. The van der Waals surface area contributed by atoms with Gasteiger partial charge in [0, 0.05) is 24.1 Å². The number of rotatable bonds is 6. The second-order valence-corrected chi connectivity index (χ2v) is 7.41. The Kier molecular flexibility index (Phi) is 7.05. The molecule has 1 saturated heterocycles. The van der Waals surface area contributed by atoms with Crippen molar-refractivity contribution < 1.29 is 38.7 Å². The number of ether oxygens (including phenoxy) is 2. The van der Waals surface area contributed by atoms with Gasteiger partial charge < -0.3 is 29.9 Å². The molecule has 0 aliphatic carbocycles. The third kappa shape index (κ3) is 4.48. The van der Waals surface area contributed by atoms with Gasteiger partial charge in [-0.25, -0.2) is 8.78 Å². The number of halogens is 2. The minimum atomic E-state index is -1.51. The Morgan fingerprint density at radius 2 is 1.67 bits per heavy atom. The number of hydrogen-bond donors (Lipinski definition) is 4. The van der Waals surface area contributed by atoms with Crippen LogP contribution in [0, 0.1) is 18.6 Å². The molecule has 0 amide bonds. The fourth-order valence-electron chi connectivity index (χ4n) is 3.63. The Bertz CT molecular complexity index is 865. The molecule has 0 bridgehead atoms. The van der Waals surface area contributed by atoms with E-state index in [4.69, 9.17) is 9.47 Å². The van der Waals surface area contributed by atoms with Crippen molar-refractivity contribution in [3.8, 4) is 5.75 Å². The van der Waals surface area contributed by atoms with Gasteiger partial charge in [0.1, 0.15) is 47.9 Å². The van der Waals surface area contributed by atoms with E-state index in [9.17, 15) is 29.2 Å². The molecule has 0 saturated carbocycles. The van der Waals surface area contributed by atoms with Crippen LogP contribution in [0.4, 0.5) is 8.78 Å². The zero-order valence-corrected chi connectivity index (χ0v) is 16.8. The first-order valence-corrected chi connectivity index (χ1v) is 9.77. The van der Waals surface area contributed by atoms with E-state index in [1.54, 1.807) is 32.0 Å². The Hall–Kier alpha value is -2.10. The third-order valence-electron chi connectivity index (χ3n) is 5.39. The molecule has 4 N–H and O–H groups in total. The molecule has 6 nitrogen and oxygen atoms in total. The predicted molar refractivity (Wildman–Crippen MR) is 104 cm³/mol. The van der Waals surface area contributed by atoms with Crippen LogP contribution in [0.25, 0.3) is 0 Å². The van der Waals surface area contributed by atoms with E-state index in [1.165, 1.54) is 0 Å². The maximum absolute atomic E-state index is 14.5. The van der Waals surface area contributed by atoms with Crippen LogP contribution in [0.3, 0.4) is 0 Å². The van der Waals surface area contributed by atoms with Crippen molar-refractivity contribution in [3.05, 3.63) is 64.2 Å². The molecule has 5 atom stereocenters. The predicted octanol–water partition coefficient (Wildman–Crippen LogP) is 1.78. The minimum Gasteiger partial charge on any atom is -0.494 e. The van der Waals surface area contributed by atoms with Gasteiger partial charge in [-0.05, 0) is 30.5 Å². The van der Waals surface area contributed by atoms with E-state index in [0.717, 1.165) is 17.7 Å². The maximum atomic E-state index is 14.5. The molecule has 30 heavy (non-hydrogen) atoms. The van der Waals surface area contributed by atoms with Gasteiger partial charge in [0.2, 0.25) is 0 Å². The van der Waals surface area contributed by atoms with Crippen LogP contribution in [0.15, 0.2) is 30.3 Å². The first-order valence-electron chi connectivity index (χ1n) is 9.77. The smallest absolute Gasteiger partial charge is 0.133 e. The van der Waals surface area contributed by atoms with Crippen LogP contribution in [0.5, 0.6) is 5.75 Å². The average molecular weight is 424 g/mol. The molecular weight excluding hydrogens is 398 g/mol. The topological polar surface area (TPSA) is 99.4 Å². The fraction of sp³-hybridized carbons (Fsp3) is 0.455. The lowest BCUT2D eigenvalue weighted by molar-refractivity contribution is -0.231. The monoisotopic (exact) mass is 424 g/mol. The summed E-state index contributed by atoms with van der Waals surface area (Å²) in [6.45, 7) is 3.26. The molecule has 0 aromatic heterocycles. The fourth-order valence-corrected chi connectivity index (χ4v) is 3.63. The van der Waals surface area contributed by atoms with Crippen LogP contribution < -0.4 is 4.74 Å². The quantitative estimate of drug-likeness (QED) is 0.564. The van der Waals surface area contributed by atoms with E-state index in [-0.39, 0.29) is 17.7 Å². The number of aliphatic hydroxyl groups excluding tert-OH is 4.